The number of fused-ring (bicyclic) bond motifs is 3. The van der Waals surface area contributed by atoms with Gasteiger partial charge in [-0.15, -0.1) is 0 Å². The Balaban J connectivity index is 1.56. The summed E-state index contributed by atoms with van der Waals surface area (Å²) in [7, 11) is 0. The molecule has 4 aromatic rings. The van der Waals surface area contributed by atoms with Gasteiger partial charge in [-0.1, -0.05) is 0 Å². The first-order valence-corrected chi connectivity index (χ1v) is 8.66. The Morgan fingerprint density at radius 1 is 0.857 bits per heavy atom. The molecule has 9 heteroatoms. The number of rotatable bonds is 3. The van der Waals surface area contributed by atoms with Crippen molar-refractivity contribution in [2.45, 2.75) is 6.54 Å². The lowest BCUT2D eigenvalue weighted by Gasteiger charge is -2.10. The van der Waals surface area contributed by atoms with E-state index in [1.54, 1.807) is 11.0 Å². The Morgan fingerprint density at radius 2 is 1.64 bits per heavy atom. The highest BCUT2D eigenvalue weighted by Gasteiger charge is 2.21. The summed E-state index contributed by atoms with van der Waals surface area (Å²) in [5.74, 6) is 3.40. The minimum atomic E-state index is 0.199. The summed E-state index contributed by atoms with van der Waals surface area (Å²) in [6.45, 7) is 0.825. The van der Waals surface area contributed by atoms with Crippen molar-refractivity contribution in [1.82, 2.24) is 24.7 Å². The average molecular weight is 375 g/mol. The second kappa shape index (κ2) is 5.81. The molecule has 2 aliphatic heterocycles. The third-order valence-electron chi connectivity index (χ3n) is 4.65. The second-order valence-corrected chi connectivity index (χ2v) is 6.37. The molecule has 0 aliphatic carbocycles. The molecule has 2 aromatic heterocycles. The molecule has 0 spiro atoms. The lowest BCUT2D eigenvalue weighted by Crippen LogP contribution is -2.06. The molecule has 138 valence electrons. The third kappa shape index (κ3) is 2.40. The van der Waals surface area contributed by atoms with E-state index in [1.165, 1.54) is 6.33 Å². The van der Waals surface area contributed by atoms with E-state index in [9.17, 15) is 0 Å². The number of nitrogens with zero attached hydrogens (tertiary/aromatic N) is 5. The van der Waals surface area contributed by atoms with Gasteiger partial charge in [-0.25, -0.2) is 19.6 Å². The van der Waals surface area contributed by atoms with Crippen molar-refractivity contribution in [2.24, 2.45) is 0 Å². The monoisotopic (exact) mass is 375 g/mol. The summed E-state index contributed by atoms with van der Waals surface area (Å²) in [4.78, 5) is 13.5. The molecule has 0 atom stereocenters. The van der Waals surface area contributed by atoms with Gasteiger partial charge in [-0.3, -0.25) is 0 Å². The van der Waals surface area contributed by atoms with Gasteiger partial charge in [0.25, 0.3) is 0 Å². The number of ether oxygens (including phenoxy) is 4. The summed E-state index contributed by atoms with van der Waals surface area (Å²) in [6.07, 6.45) is 3.12. The van der Waals surface area contributed by atoms with E-state index < -0.39 is 0 Å². The first-order chi connectivity index (χ1) is 13.8. The van der Waals surface area contributed by atoms with E-state index in [1.807, 2.05) is 30.3 Å². The quantitative estimate of drug-likeness (QED) is 0.539. The topological polar surface area (TPSA) is 93.4 Å². The van der Waals surface area contributed by atoms with Crippen LogP contribution in [0, 0.1) is 0 Å². The zero-order valence-electron chi connectivity index (χ0n) is 14.5. The highest BCUT2D eigenvalue weighted by Crippen LogP contribution is 2.41. The van der Waals surface area contributed by atoms with Crippen molar-refractivity contribution in [3.05, 3.63) is 48.8 Å². The van der Waals surface area contributed by atoms with Crippen molar-refractivity contribution in [3.8, 4) is 34.3 Å². The Morgan fingerprint density at radius 3 is 2.46 bits per heavy atom. The summed E-state index contributed by atoms with van der Waals surface area (Å²) < 4.78 is 23.7. The molecule has 0 unspecified atom stereocenters. The number of hydrogen-bond acceptors (Lipinski definition) is 8. The maximum Gasteiger partial charge on any atom is 0.231 e. The van der Waals surface area contributed by atoms with Crippen LogP contribution in [0.25, 0.3) is 22.2 Å². The zero-order chi connectivity index (χ0) is 18.5. The molecule has 0 saturated heterocycles. The van der Waals surface area contributed by atoms with Crippen LogP contribution >= 0.6 is 0 Å². The second-order valence-electron chi connectivity index (χ2n) is 6.37. The summed E-state index contributed by atoms with van der Waals surface area (Å²) in [5.41, 5.74) is 2.44. The lowest BCUT2D eigenvalue weighted by atomic mass is 10.0. The van der Waals surface area contributed by atoms with Gasteiger partial charge in [0.05, 0.1) is 11.2 Å². The minimum Gasteiger partial charge on any atom is -0.454 e. The summed E-state index contributed by atoms with van der Waals surface area (Å²) >= 11 is 0. The van der Waals surface area contributed by atoms with Gasteiger partial charge >= 0.3 is 0 Å². The fourth-order valence-corrected chi connectivity index (χ4v) is 3.36. The van der Waals surface area contributed by atoms with Crippen molar-refractivity contribution < 1.29 is 18.9 Å². The lowest BCUT2D eigenvalue weighted by molar-refractivity contribution is 0.173. The molecular weight excluding hydrogens is 362 g/mol. The van der Waals surface area contributed by atoms with Crippen LogP contribution in [0.15, 0.2) is 43.0 Å². The number of hydrogen-bond donors (Lipinski definition) is 0. The van der Waals surface area contributed by atoms with E-state index >= 15 is 0 Å². The van der Waals surface area contributed by atoms with E-state index in [2.05, 4.69) is 10.1 Å². The Hall–Kier alpha value is -3.88. The highest BCUT2D eigenvalue weighted by atomic mass is 16.7. The molecule has 2 aliphatic rings. The fourth-order valence-electron chi connectivity index (χ4n) is 3.36. The Bertz CT molecular complexity index is 1210. The molecule has 0 amide bonds. The van der Waals surface area contributed by atoms with E-state index in [-0.39, 0.29) is 13.6 Å². The van der Waals surface area contributed by atoms with Crippen LogP contribution in [-0.2, 0) is 6.54 Å². The minimum absolute atomic E-state index is 0.199. The third-order valence-corrected chi connectivity index (χ3v) is 4.65. The smallest absolute Gasteiger partial charge is 0.231 e. The molecule has 0 saturated carbocycles. The van der Waals surface area contributed by atoms with Crippen molar-refractivity contribution >= 4 is 10.9 Å². The van der Waals surface area contributed by atoms with Crippen molar-refractivity contribution in [1.29, 1.82) is 0 Å². The van der Waals surface area contributed by atoms with Gasteiger partial charge in [-0.05, 0) is 24.3 Å². The van der Waals surface area contributed by atoms with Crippen molar-refractivity contribution in [2.75, 3.05) is 13.6 Å². The van der Waals surface area contributed by atoms with Gasteiger partial charge in [0.1, 0.15) is 19.2 Å². The van der Waals surface area contributed by atoms with Gasteiger partial charge in [-0.2, -0.15) is 5.10 Å². The molecule has 2 aromatic carbocycles. The highest BCUT2D eigenvalue weighted by molar-refractivity contribution is 5.95. The number of aromatic nitrogens is 5. The molecule has 28 heavy (non-hydrogen) atoms. The largest absolute Gasteiger partial charge is 0.454 e. The van der Waals surface area contributed by atoms with Crippen LogP contribution < -0.4 is 18.9 Å². The van der Waals surface area contributed by atoms with Crippen LogP contribution in [0.2, 0.25) is 0 Å². The zero-order valence-corrected chi connectivity index (χ0v) is 14.5. The number of benzene rings is 2. The molecule has 6 rings (SSSR count). The normalized spacial score (nSPS) is 14.0. The first-order valence-electron chi connectivity index (χ1n) is 8.66. The fraction of sp³-hybridized carbons (Fsp3) is 0.158. The van der Waals surface area contributed by atoms with E-state index in [0.29, 0.717) is 29.6 Å². The van der Waals surface area contributed by atoms with Gasteiger partial charge in [0.2, 0.25) is 13.6 Å². The molecule has 0 bridgehead atoms. The molecule has 0 N–H and O–H groups in total. The van der Waals surface area contributed by atoms with Crippen LogP contribution in [0.4, 0.5) is 0 Å². The van der Waals surface area contributed by atoms with Crippen molar-refractivity contribution in [3.63, 3.8) is 0 Å². The summed E-state index contributed by atoms with van der Waals surface area (Å²) in [6, 6.07) is 9.56. The predicted octanol–water partition coefficient (Wildman–Crippen LogP) is 2.39. The molecular formula is C19H13N5O4. The molecule has 9 nitrogen and oxygen atoms in total. The molecule has 4 heterocycles. The Labute approximate surface area is 158 Å². The summed E-state index contributed by atoms with van der Waals surface area (Å²) in [5, 5.41) is 5.01. The van der Waals surface area contributed by atoms with Crippen LogP contribution in [0.5, 0.6) is 23.0 Å². The molecule has 0 radical (unpaired) electrons. The van der Waals surface area contributed by atoms with Crippen LogP contribution in [0.3, 0.4) is 0 Å². The standard InChI is InChI=1S/C19H13N5O4/c1-2-14-15(26-9-25-14)3-11(1)19-12-4-16-17(28-10-27-16)5-13(12)22-18(23-19)6-24-8-20-7-21-24/h1-5,7-8H,6,9-10H2. The van der Waals surface area contributed by atoms with E-state index in [4.69, 9.17) is 28.9 Å². The van der Waals surface area contributed by atoms with Crippen LogP contribution in [0.1, 0.15) is 5.82 Å². The van der Waals surface area contributed by atoms with Gasteiger partial charge in [0, 0.05) is 17.0 Å². The first kappa shape index (κ1) is 15.2. The molecule has 0 fully saturated rings. The Kier molecular flexibility index (Phi) is 3.16. The predicted molar refractivity (Wildman–Crippen MR) is 96.3 cm³/mol. The van der Waals surface area contributed by atoms with Gasteiger partial charge in [0.15, 0.2) is 28.8 Å². The maximum atomic E-state index is 5.54. The maximum absolute atomic E-state index is 5.54. The van der Waals surface area contributed by atoms with Crippen LogP contribution in [-0.4, -0.2) is 38.3 Å². The van der Waals surface area contributed by atoms with E-state index in [0.717, 1.165) is 27.9 Å². The van der Waals surface area contributed by atoms with Gasteiger partial charge < -0.3 is 18.9 Å². The SMILES string of the molecule is c1ncn(Cc2nc(-c3ccc4c(c3)OCO4)c3cc4c(cc3n2)OCO4)n1. The average Bonchev–Trinajstić information content (AvgIpc) is 3.46.